The van der Waals surface area contributed by atoms with E-state index in [-0.39, 0.29) is 0 Å². The standard InChI is InChI=1S/C15H17Cl2N3O/c1-18-14-12(16)9-13(17)15(20-14)19-7-6-10-4-3-5-11(8-10)21-2/h3-5,8-9H,6-7H2,1-2H3,(H2,18,19,20). The molecule has 2 rings (SSSR count). The van der Waals surface area contributed by atoms with Gasteiger partial charge in [-0.15, -0.1) is 0 Å². The molecule has 0 atom stereocenters. The van der Waals surface area contributed by atoms with Gasteiger partial charge in [0.15, 0.2) is 0 Å². The molecule has 21 heavy (non-hydrogen) atoms. The fourth-order valence-electron chi connectivity index (χ4n) is 1.92. The second kappa shape index (κ2) is 7.38. The average Bonchev–Trinajstić information content (AvgIpc) is 2.49. The summed E-state index contributed by atoms with van der Waals surface area (Å²) in [6.45, 7) is 0.713. The van der Waals surface area contributed by atoms with Crippen LogP contribution in [0.3, 0.4) is 0 Å². The number of methoxy groups -OCH3 is 1. The van der Waals surface area contributed by atoms with Gasteiger partial charge < -0.3 is 15.4 Å². The van der Waals surface area contributed by atoms with Gasteiger partial charge >= 0.3 is 0 Å². The molecular formula is C15H17Cl2N3O. The maximum atomic E-state index is 6.13. The predicted octanol–water partition coefficient (Wildman–Crippen LogP) is 4.09. The van der Waals surface area contributed by atoms with Crippen LogP contribution in [0.4, 0.5) is 11.6 Å². The zero-order chi connectivity index (χ0) is 15.2. The molecule has 0 fully saturated rings. The first kappa shape index (κ1) is 15.7. The van der Waals surface area contributed by atoms with Gasteiger partial charge in [0.2, 0.25) is 0 Å². The Morgan fingerprint density at radius 3 is 2.62 bits per heavy atom. The van der Waals surface area contributed by atoms with Gasteiger partial charge in [-0.2, -0.15) is 0 Å². The summed E-state index contributed by atoms with van der Waals surface area (Å²) in [5, 5.41) is 7.15. The van der Waals surface area contributed by atoms with E-state index in [1.54, 1.807) is 20.2 Å². The fourth-order valence-corrected chi connectivity index (χ4v) is 2.44. The van der Waals surface area contributed by atoms with Crippen LogP contribution >= 0.6 is 23.2 Å². The van der Waals surface area contributed by atoms with Gasteiger partial charge in [-0.3, -0.25) is 0 Å². The highest BCUT2D eigenvalue weighted by molar-refractivity contribution is 6.37. The zero-order valence-corrected chi connectivity index (χ0v) is 13.4. The summed E-state index contributed by atoms with van der Waals surface area (Å²) in [5.41, 5.74) is 1.18. The van der Waals surface area contributed by atoms with E-state index in [9.17, 15) is 0 Å². The third-order valence-corrected chi connectivity index (χ3v) is 3.58. The number of aromatic nitrogens is 1. The lowest BCUT2D eigenvalue weighted by Gasteiger charge is -2.11. The molecule has 1 aromatic heterocycles. The summed E-state index contributed by atoms with van der Waals surface area (Å²) >= 11 is 12.1. The molecule has 0 bridgehead atoms. The van der Waals surface area contributed by atoms with Gasteiger partial charge in [0, 0.05) is 13.6 Å². The molecule has 0 saturated heterocycles. The third kappa shape index (κ3) is 4.16. The summed E-state index contributed by atoms with van der Waals surface area (Å²) in [6, 6.07) is 9.64. The first-order chi connectivity index (χ1) is 10.1. The van der Waals surface area contributed by atoms with Crippen LogP contribution in [-0.4, -0.2) is 25.7 Å². The molecule has 0 aliphatic heterocycles. The van der Waals surface area contributed by atoms with Crippen LogP contribution in [0.5, 0.6) is 5.75 Å². The topological polar surface area (TPSA) is 46.2 Å². The molecule has 0 spiro atoms. The number of pyridine rings is 1. The van der Waals surface area contributed by atoms with Crippen LogP contribution in [0.2, 0.25) is 10.0 Å². The van der Waals surface area contributed by atoms with Crippen molar-refractivity contribution >= 4 is 34.8 Å². The van der Waals surface area contributed by atoms with Crippen LogP contribution in [-0.2, 0) is 6.42 Å². The van der Waals surface area contributed by atoms with Crippen molar-refractivity contribution in [1.29, 1.82) is 0 Å². The van der Waals surface area contributed by atoms with Crippen molar-refractivity contribution in [2.45, 2.75) is 6.42 Å². The molecule has 112 valence electrons. The molecule has 2 aromatic rings. The minimum absolute atomic E-state index is 0.501. The molecule has 0 amide bonds. The lowest BCUT2D eigenvalue weighted by atomic mass is 10.1. The normalized spacial score (nSPS) is 10.3. The first-order valence-corrected chi connectivity index (χ1v) is 7.30. The number of ether oxygens (including phenoxy) is 1. The molecule has 4 nitrogen and oxygen atoms in total. The first-order valence-electron chi connectivity index (χ1n) is 6.54. The van der Waals surface area contributed by atoms with Crippen molar-refractivity contribution in [3.05, 3.63) is 45.9 Å². The number of rotatable bonds is 6. The Bertz CT molecular complexity index is 620. The number of hydrogen-bond acceptors (Lipinski definition) is 4. The van der Waals surface area contributed by atoms with Crippen molar-refractivity contribution in [2.75, 3.05) is 31.3 Å². The Balaban J connectivity index is 2.00. The number of hydrogen-bond donors (Lipinski definition) is 2. The second-order valence-electron chi connectivity index (χ2n) is 4.43. The van der Waals surface area contributed by atoms with Gasteiger partial charge in [-0.1, -0.05) is 35.3 Å². The minimum atomic E-state index is 0.501. The average molecular weight is 326 g/mol. The number of nitrogens with one attached hydrogen (secondary N) is 2. The summed E-state index contributed by atoms with van der Waals surface area (Å²) < 4.78 is 5.21. The zero-order valence-electron chi connectivity index (χ0n) is 11.9. The highest BCUT2D eigenvalue weighted by atomic mass is 35.5. The predicted molar refractivity (Wildman–Crippen MR) is 89.0 cm³/mol. The fraction of sp³-hybridized carbons (Fsp3) is 0.267. The Morgan fingerprint density at radius 1 is 1.14 bits per heavy atom. The van der Waals surface area contributed by atoms with E-state index >= 15 is 0 Å². The van der Waals surface area contributed by atoms with Crippen LogP contribution in [0, 0.1) is 0 Å². The number of halogens is 2. The molecule has 0 aliphatic rings. The van der Waals surface area contributed by atoms with Crippen molar-refractivity contribution in [2.24, 2.45) is 0 Å². The lowest BCUT2D eigenvalue weighted by Crippen LogP contribution is -2.08. The molecular weight excluding hydrogens is 309 g/mol. The largest absolute Gasteiger partial charge is 0.497 e. The molecule has 1 heterocycles. The van der Waals surface area contributed by atoms with E-state index in [1.165, 1.54) is 5.56 Å². The summed E-state index contributed by atoms with van der Waals surface area (Å²) in [6.07, 6.45) is 0.840. The highest BCUT2D eigenvalue weighted by Crippen LogP contribution is 2.28. The summed E-state index contributed by atoms with van der Waals surface area (Å²) in [7, 11) is 3.43. The molecule has 0 unspecified atom stereocenters. The highest BCUT2D eigenvalue weighted by Gasteiger charge is 2.08. The SMILES string of the molecule is CNc1nc(NCCc2cccc(OC)c2)c(Cl)cc1Cl. The van der Waals surface area contributed by atoms with Crippen LogP contribution in [0.1, 0.15) is 5.56 Å². The van der Waals surface area contributed by atoms with E-state index in [1.807, 2.05) is 18.2 Å². The number of nitrogens with zero attached hydrogens (tertiary/aromatic N) is 1. The molecule has 6 heteroatoms. The Hall–Kier alpha value is -1.65. The van der Waals surface area contributed by atoms with E-state index in [0.717, 1.165) is 12.2 Å². The molecule has 1 aromatic carbocycles. The number of benzene rings is 1. The van der Waals surface area contributed by atoms with E-state index in [4.69, 9.17) is 27.9 Å². The van der Waals surface area contributed by atoms with Crippen LogP contribution in [0.15, 0.2) is 30.3 Å². The maximum Gasteiger partial charge on any atom is 0.147 e. The second-order valence-corrected chi connectivity index (χ2v) is 5.24. The maximum absolute atomic E-state index is 6.13. The Labute approximate surface area is 134 Å². The van der Waals surface area contributed by atoms with Gasteiger partial charge in [0.05, 0.1) is 17.2 Å². The smallest absolute Gasteiger partial charge is 0.147 e. The van der Waals surface area contributed by atoms with Gasteiger partial charge in [0.25, 0.3) is 0 Å². The summed E-state index contributed by atoms with van der Waals surface area (Å²) in [4.78, 5) is 4.34. The van der Waals surface area contributed by atoms with E-state index in [2.05, 4.69) is 21.7 Å². The van der Waals surface area contributed by atoms with E-state index < -0.39 is 0 Å². The molecule has 0 radical (unpaired) electrons. The van der Waals surface area contributed by atoms with Crippen molar-refractivity contribution < 1.29 is 4.74 Å². The molecule has 2 N–H and O–H groups in total. The minimum Gasteiger partial charge on any atom is -0.497 e. The van der Waals surface area contributed by atoms with Crippen LogP contribution < -0.4 is 15.4 Å². The van der Waals surface area contributed by atoms with Crippen molar-refractivity contribution in [3.8, 4) is 5.75 Å². The molecule has 0 aliphatic carbocycles. The third-order valence-electron chi connectivity index (χ3n) is 3.01. The Morgan fingerprint density at radius 2 is 1.90 bits per heavy atom. The van der Waals surface area contributed by atoms with Gasteiger partial charge in [0.1, 0.15) is 17.4 Å². The number of anilines is 2. The quantitative estimate of drug-likeness (QED) is 0.839. The van der Waals surface area contributed by atoms with Crippen molar-refractivity contribution in [1.82, 2.24) is 4.98 Å². The monoisotopic (exact) mass is 325 g/mol. The van der Waals surface area contributed by atoms with Crippen LogP contribution in [0.25, 0.3) is 0 Å². The van der Waals surface area contributed by atoms with Gasteiger partial charge in [-0.25, -0.2) is 4.98 Å². The van der Waals surface area contributed by atoms with Gasteiger partial charge in [-0.05, 0) is 30.2 Å². The van der Waals surface area contributed by atoms with E-state index in [0.29, 0.717) is 28.2 Å². The van der Waals surface area contributed by atoms with Crippen molar-refractivity contribution in [3.63, 3.8) is 0 Å². The lowest BCUT2D eigenvalue weighted by molar-refractivity contribution is 0.414. The Kier molecular flexibility index (Phi) is 5.53. The molecule has 0 saturated carbocycles. The summed E-state index contributed by atoms with van der Waals surface area (Å²) in [5.74, 6) is 2.07.